The molecule has 5 heteroatoms. The van der Waals surface area contributed by atoms with Gasteiger partial charge in [-0.3, -0.25) is 4.79 Å². The minimum absolute atomic E-state index is 0.113. The Bertz CT molecular complexity index is 701. The van der Waals surface area contributed by atoms with Crippen LogP contribution in [-0.2, 0) is 11.2 Å². The van der Waals surface area contributed by atoms with E-state index in [2.05, 4.69) is 12.2 Å². The summed E-state index contributed by atoms with van der Waals surface area (Å²) in [4.78, 5) is 12.1. The van der Waals surface area contributed by atoms with Gasteiger partial charge in [0.15, 0.2) is 11.5 Å². The summed E-state index contributed by atoms with van der Waals surface area (Å²) in [5, 5.41) is 2.76. The molecule has 2 rings (SSSR count). The lowest BCUT2D eigenvalue weighted by Crippen LogP contribution is -2.12. The Morgan fingerprint density at radius 1 is 1.04 bits per heavy atom. The van der Waals surface area contributed by atoms with Gasteiger partial charge in [0.2, 0.25) is 5.91 Å². The first-order valence-electron chi connectivity index (χ1n) is 9.06. The summed E-state index contributed by atoms with van der Waals surface area (Å²) in [7, 11) is 0. The zero-order valence-corrected chi connectivity index (χ0v) is 15.4. The molecule has 2 aromatic carbocycles. The van der Waals surface area contributed by atoms with Crippen LogP contribution in [0.5, 0.6) is 11.5 Å². The van der Waals surface area contributed by atoms with Crippen LogP contribution in [0, 0.1) is 5.82 Å². The maximum Gasteiger partial charge on any atom is 0.224 e. The Kier molecular flexibility index (Phi) is 7.93. The van der Waals surface area contributed by atoms with Crippen LogP contribution in [0.3, 0.4) is 0 Å². The summed E-state index contributed by atoms with van der Waals surface area (Å²) in [5.41, 5.74) is 1.59. The number of benzene rings is 2. The molecule has 0 fully saturated rings. The molecule has 1 N–H and O–H groups in total. The molecule has 26 heavy (non-hydrogen) atoms. The number of amides is 1. The number of hydrogen-bond donors (Lipinski definition) is 1. The Morgan fingerprint density at radius 2 is 1.81 bits per heavy atom. The fourth-order valence-corrected chi connectivity index (χ4v) is 2.44. The molecule has 0 saturated heterocycles. The number of nitrogens with one attached hydrogen (secondary N) is 1. The fourth-order valence-electron chi connectivity index (χ4n) is 2.44. The van der Waals surface area contributed by atoms with Gasteiger partial charge in [-0.25, -0.2) is 4.39 Å². The quantitative estimate of drug-likeness (QED) is 0.609. The SMILES string of the molecule is CCCCOc1ccc(CCC(=O)Nc2ccc(F)cc2)cc1OCC. The van der Waals surface area contributed by atoms with E-state index in [9.17, 15) is 9.18 Å². The first-order chi connectivity index (χ1) is 12.6. The van der Waals surface area contributed by atoms with Crippen molar-refractivity contribution >= 4 is 11.6 Å². The van der Waals surface area contributed by atoms with E-state index in [0.717, 1.165) is 24.2 Å². The highest BCUT2D eigenvalue weighted by molar-refractivity contribution is 5.90. The van der Waals surface area contributed by atoms with Crippen molar-refractivity contribution in [1.29, 1.82) is 0 Å². The average Bonchev–Trinajstić information content (AvgIpc) is 2.64. The van der Waals surface area contributed by atoms with Crippen molar-refractivity contribution in [3.63, 3.8) is 0 Å². The molecule has 140 valence electrons. The number of halogens is 1. The van der Waals surface area contributed by atoms with E-state index in [-0.39, 0.29) is 11.7 Å². The van der Waals surface area contributed by atoms with Crippen molar-refractivity contribution in [2.75, 3.05) is 18.5 Å². The normalized spacial score (nSPS) is 10.4. The molecule has 0 radical (unpaired) electrons. The summed E-state index contributed by atoms with van der Waals surface area (Å²) in [5.74, 6) is 1.00. The average molecular weight is 359 g/mol. The fraction of sp³-hybridized carbons (Fsp3) is 0.381. The largest absolute Gasteiger partial charge is 0.490 e. The van der Waals surface area contributed by atoms with Crippen molar-refractivity contribution in [3.05, 3.63) is 53.8 Å². The summed E-state index contributed by atoms with van der Waals surface area (Å²) < 4.78 is 24.3. The summed E-state index contributed by atoms with van der Waals surface area (Å²) in [6.45, 7) is 5.26. The minimum Gasteiger partial charge on any atom is -0.490 e. The number of unbranched alkanes of at least 4 members (excludes halogenated alkanes) is 1. The highest BCUT2D eigenvalue weighted by atomic mass is 19.1. The summed E-state index contributed by atoms with van der Waals surface area (Å²) >= 11 is 0. The highest BCUT2D eigenvalue weighted by Crippen LogP contribution is 2.29. The maximum atomic E-state index is 12.9. The van der Waals surface area contributed by atoms with Crippen molar-refractivity contribution in [1.82, 2.24) is 0 Å². The lowest BCUT2D eigenvalue weighted by Gasteiger charge is -2.13. The molecule has 1 amide bonds. The van der Waals surface area contributed by atoms with Gasteiger partial charge in [0.25, 0.3) is 0 Å². The van der Waals surface area contributed by atoms with E-state index in [4.69, 9.17) is 9.47 Å². The molecule has 0 spiro atoms. The molecule has 0 atom stereocenters. The summed E-state index contributed by atoms with van der Waals surface area (Å²) in [6.07, 6.45) is 2.99. The van der Waals surface area contributed by atoms with Crippen LogP contribution in [0.1, 0.15) is 38.7 Å². The third-order valence-corrected chi connectivity index (χ3v) is 3.83. The number of carbonyl (C=O) groups is 1. The second-order valence-electron chi connectivity index (χ2n) is 5.97. The monoisotopic (exact) mass is 359 g/mol. The number of rotatable bonds is 10. The lowest BCUT2D eigenvalue weighted by atomic mass is 10.1. The maximum absolute atomic E-state index is 12.9. The number of carbonyl (C=O) groups excluding carboxylic acids is 1. The van der Waals surface area contributed by atoms with E-state index in [1.807, 2.05) is 25.1 Å². The highest BCUT2D eigenvalue weighted by Gasteiger charge is 2.09. The van der Waals surface area contributed by atoms with E-state index in [1.54, 1.807) is 12.1 Å². The molecule has 0 heterocycles. The van der Waals surface area contributed by atoms with Crippen molar-refractivity contribution in [3.8, 4) is 11.5 Å². The van der Waals surface area contributed by atoms with Crippen LogP contribution < -0.4 is 14.8 Å². The van der Waals surface area contributed by atoms with Gasteiger partial charge in [-0.1, -0.05) is 19.4 Å². The molecule has 0 aliphatic rings. The topological polar surface area (TPSA) is 47.6 Å². The molecular weight excluding hydrogens is 333 g/mol. The van der Waals surface area contributed by atoms with E-state index in [0.29, 0.717) is 37.5 Å². The van der Waals surface area contributed by atoms with E-state index < -0.39 is 0 Å². The second-order valence-corrected chi connectivity index (χ2v) is 5.97. The van der Waals surface area contributed by atoms with Gasteiger partial charge in [-0.2, -0.15) is 0 Å². The Morgan fingerprint density at radius 3 is 2.50 bits per heavy atom. The predicted octanol–water partition coefficient (Wildman–Crippen LogP) is 4.97. The second kappa shape index (κ2) is 10.4. The van der Waals surface area contributed by atoms with Gasteiger partial charge < -0.3 is 14.8 Å². The van der Waals surface area contributed by atoms with Gasteiger partial charge >= 0.3 is 0 Å². The van der Waals surface area contributed by atoms with Crippen LogP contribution in [0.25, 0.3) is 0 Å². The van der Waals surface area contributed by atoms with Gasteiger partial charge in [-0.15, -0.1) is 0 Å². The lowest BCUT2D eigenvalue weighted by molar-refractivity contribution is -0.116. The molecule has 0 aromatic heterocycles. The van der Waals surface area contributed by atoms with Gasteiger partial charge in [0.1, 0.15) is 5.82 Å². The predicted molar refractivity (Wildman–Crippen MR) is 101 cm³/mol. The summed E-state index contributed by atoms with van der Waals surface area (Å²) in [6, 6.07) is 11.5. The molecule has 0 unspecified atom stereocenters. The smallest absolute Gasteiger partial charge is 0.224 e. The van der Waals surface area contributed by atoms with Crippen LogP contribution >= 0.6 is 0 Å². The van der Waals surface area contributed by atoms with Crippen molar-refractivity contribution in [2.24, 2.45) is 0 Å². The van der Waals surface area contributed by atoms with Gasteiger partial charge in [0.05, 0.1) is 13.2 Å². The van der Waals surface area contributed by atoms with E-state index >= 15 is 0 Å². The third-order valence-electron chi connectivity index (χ3n) is 3.83. The van der Waals surface area contributed by atoms with E-state index in [1.165, 1.54) is 12.1 Å². The standard InChI is InChI=1S/C21H26FNO3/c1-3-5-14-26-19-12-6-16(15-20(19)25-4-2)7-13-21(24)23-18-10-8-17(22)9-11-18/h6,8-12,15H,3-5,7,13-14H2,1-2H3,(H,23,24). The van der Waals surface area contributed by atoms with Crippen LogP contribution in [0.15, 0.2) is 42.5 Å². The third kappa shape index (κ3) is 6.39. The molecule has 2 aromatic rings. The first-order valence-corrected chi connectivity index (χ1v) is 9.06. The first kappa shape index (κ1) is 19.8. The van der Waals surface area contributed by atoms with Crippen LogP contribution in [0.4, 0.5) is 10.1 Å². The van der Waals surface area contributed by atoms with Gasteiger partial charge in [0, 0.05) is 12.1 Å². The molecule has 0 saturated carbocycles. The van der Waals surface area contributed by atoms with Crippen LogP contribution in [-0.4, -0.2) is 19.1 Å². The number of aryl methyl sites for hydroxylation is 1. The molecule has 0 bridgehead atoms. The molecule has 0 aliphatic heterocycles. The van der Waals surface area contributed by atoms with Crippen molar-refractivity contribution < 1.29 is 18.7 Å². The number of ether oxygens (including phenoxy) is 2. The Labute approximate surface area is 154 Å². The number of anilines is 1. The van der Waals surface area contributed by atoms with Gasteiger partial charge in [-0.05, 0) is 61.7 Å². The molecule has 0 aliphatic carbocycles. The minimum atomic E-state index is -0.326. The Hall–Kier alpha value is -2.56. The van der Waals surface area contributed by atoms with Crippen molar-refractivity contribution in [2.45, 2.75) is 39.5 Å². The molecular formula is C21H26FNO3. The van der Waals surface area contributed by atoms with Crippen LogP contribution in [0.2, 0.25) is 0 Å². The Balaban J connectivity index is 1.92. The zero-order valence-electron chi connectivity index (χ0n) is 15.4. The zero-order chi connectivity index (χ0) is 18.8. The molecule has 4 nitrogen and oxygen atoms in total. The number of hydrogen-bond acceptors (Lipinski definition) is 3.